The molecule has 25 heavy (non-hydrogen) atoms. The Balaban J connectivity index is 1.77. The number of hydrogen-bond donors (Lipinski definition) is 3. The third-order valence-electron chi connectivity index (χ3n) is 4.25. The number of hydrogen-bond acceptors (Lipinski definition) is 5. The first kappa shape index (κ1) is 19.1. The topological polar surface area (TPSA) is 111 Å². The van der Waals surface area contributed by atoms with Gasteiger partial charge < -0.3 is 15.8 Å². The second kappa shape index (κ2) is 8.71. The highest BCUT2D eigenvalue weighted by molar-refractivity contribution is 6.31. The van der Waals surface area contributed by atoms with E-state index in [4.69, 9.17) is 22.1 Å². The smallest absolute Gasteiger partial charge is 0.340 e. The average Bonchev–Trinajstić information content (AvgIpc) is 2.54. The molecule has 1 aliphatic carbocycles. The highest BCUT2D eigenvalue weighted by Gasteiger charge is 2.23. The molecule has 0 aromatic heterocycles. The number of halogens is 1. The van der Waals surface area contributed by atoms with Crippen molar-refractivity contribution in [2.45, 2.75) is 38.6 Å². The number of esters is 1. The molecule has 1 saturated carbocycles. The molecule has 0 aliphatic heterocycles. The van der Waals surface area contributed by atoms with Crippen LogP contribution in [0.3, 0.4) is 0 Å². The van der Waals surface area contributed by atoms with Crippen molar-refractivity contribution in [3.63, 3.8) is 0 Å². The molecule has 0 saturated heterocycles. The van der Waals surface area contributed by atoms with Crippen LogP contribution >= 0.6 is 11.6 Å². The highest BCUT2D eigenvalue weighted by Crippen LogP contribution is 2.23. The predicted octanol–water partition coefficient (Wildman–Crippen LogP) is 2.48. The minimum Gasteiger partial charge on any atom is -0.452 e. The van der Waals surface area contributed by atoms with Gasteiger partial charge in [0.15, 0.2) is 6.61 Å². The summed E-state index contributed by atoms with van der Waals surface area (Å²) in [6.07, 6.45) is 4.17. The molecule has 0 radical (unpaired) electrons. The molecule has 0 bridgehead atoms. The third-order valence-corrected chi connectivity index (χ3v) is 4.48. The van der Waals surface area contributed by atoms with E-state index in [9.17, 15) is 14.4 Å². The van der Waals surface area contributed by atoms with E-state index in [0.29, 0.717) is 10.9 Å². The second-order valence-electron chi connectivity index (χ2n) is 6.20. The zero-order chi connectivity index (χ0) is 18.4. The van der Waals surface area contributed by atoms with Crippen molar-refractivity contribution >= 4 is 35.2 Å². The summed E-state index contributed by atoms with van der Waals surface area (Å²) in [6.45, 7) is 1.50. The van der Waals surface area contributed by atoms with Crippen molar-refractivity contribution in [1.82, 2.24) is 10.6 Å². The zero-order valence-corrected chi connectivity index (χ0v) is 14.8. The molecule has 0 heterocycles. The number of imide groups is 1. The quantitative estimate of drug-likeness (QED) is 0.559. The number of anilines is 1. The van der Waals surface area contributed by atoms with Crippen molar-refractivity contribution in [1.29, 1.82) is 0 Å². The monoisotopic (exact) mass is 367 g/mol. The molecule has 3 amide bonds. The lowest BCUT2D eigenvalue weighted by Crippen LogP contribution is -2.48. The van der Waals surface area contributed by atoms with Crippen LogP contribution in [0.25, 0.3) is 0 Å². The molecule has 2 rings (SSSR count). The Kier molecular flexibility index (Phi) is 6.64. The molecular weight excluding hydrogens is 346 g/mol. The van der Waals surface area contributed by atoms with Crippen molar-refractivity contribution in [3.05, 3.63) is 28.8 Å². The van der Waals surface area contributed by atoms with E-state index in [1.165, 1.54) is 18.2 Å². The SMILES string of the molecule is C[C@@H]1CCCC[C@H]1NC(=O)NC(=O)COC(=O)c1ccc(Cl)cc1N. The maximum Gasteiger partial charge on any atom is 0.340 e. The summed E-state index contributed by atoms with van der Waals surface area (Å²) >= 11 is 5.76. The van der Waals surface area contributed by atoms with Crippen LogP contribution in [0.4, 0.5) is 10.5 Å². The molecule has 4 N–H and O–H groups in total. The van der Waals surface area contributed by atoms with Crippen LogP contribution in [0.2, 0.25) is 5.02 Å². The van der Waals surface area contributed by atoms with E-state index < -0.39 is 24.5 Å². The summed E-state index contributed by atoms with van der Waals surface area (Å²) in [5.74, 6) is -1.09. The number of carbonyl (C=O) groups excluding carboxylic acids is 3. The number of nitrogen functional groups attached to an aromatic ring is 1. The predicted molar refractivity (Wildman–Crippen MR) is 94.2 cm³/mol. The van der Waals surface area contributed by atoms with E-state index >= 15 is 0 Å². The molecule has 7 nitrogen and oxygen atoms in total. The summed E-state index contributed by atoms with van der Waals surface area (Å²) in [5, 5.41) is 5.34. The second-order valence-corrected chi connectivity index (χ2v) is 6.63. The van der Waals surface area contributed by atoms with Crippen molar-refractivity contribution in [2.75, 3.05) is 12.3 Å². The molecule has 0 spiro atoms. The Bertz CT molecular complexity index is 665. The van der Waals surface area contributed by atoms with Gasteiger partial charge in [-0.3, -0.25) is 10.1 Å². The molecule has 1 aliphatic rings. The lowest BCUT2D eigenvalue weighted by atomic mass is 9.86. The number of urea groups is 1. The Morgan fingerprint density at radius 1 is 1.28 bits per heavy atom. The van der Waals surface area contributed by atoms with Gasteiger partial charge in [0, 0.05) is 16.8 Å². The van der Waals surface area contributed by atoms with Crippen LogP contribution in [0, 0.1) is 5.92 Å². The molecule has 2 atom stereocenters. The lowest BCUT2D eigenvalue weighted by molar-refractivity contribution is -0.123. The van der Waals surface area contributed by atoms with Gasteiger partial charge in [0.05, 0.1) is 5.56 Å². The van der Waals surface area contributed by atoms with Crippen LogP contribution in [0.1, 0.15) is 43.0 Å². The summed E-state index contributed by atoms with van der Waals surface area (Å²) in [7, 11) is 0. The fourth-order valence-corrected chi connectivity index (χ4v) is 3.01. The highest BCUT2D eigenvalue weighted by atomic mass is 35.5. The fraction of sp³-hybridized carbons (Fsp3) is 0.471. The van der Waals surface area contributed by atoms with E-state index in [1.54, 1.807) is 0 Å². The van der Waals surface area contributed by atoms with Crippen molar-refractivity contribution in [2.24, 2.45) is 5.92 Å². The van der Waals surface area contributed by atoms with Gasteiger partial charge in [-0.15, -0.1) is 0 Å². The van der Waals surface area contributed by atoms with Gasteiger partial charge in [0.25, 0.3) is 5.91 Å². The van der Waals surface area contributed by atoms with E-state index in [0.717, 1.165) is 25.7 Å². The maximum atomic E-state index is 11.9. The largest absolute Gasteiger partial charge is 0.452 e. The first-order chi connectivity index (χ1) is 11.9. The van der Waals surface area contributed by atoms with Crippen LogP contribution in [0.15, 0.2) is 18.2 Å². The zero-order valence-electron chi connectivity index (χ0n) is 14.0. The van der Waals surface area contributed by atoms with Gasteiger partial charge in [-0.05, 0) is 37.0 Å². The van der Waals surface area contributed by atoms with Crippen LogP contribution in [-0.2, 0) is 9.53 Å². The first-order valence-corrected chi connectivity index (χ1v) is 8.57. The minimum absolute atomic E-state index is 0.0537. The third kappa shape index (κ3) is 5.63. The van der Waals surface area contributed by atoms with E-state index in [2.05, 4.69) is 17.6 Å². The van der Waals surface area contributed by atoms with E-state index in [-0.39, 0.29) is 17.3 Å². The summed E-state index contributed by atoms with van der Waals surface area (Å²) in [5.41, 5.74) is 5.94. The Labute approximate surface area is 151 Å². The Morgan fingerprint density at radius 3 is 2.68 bits per heavy atom. The molecular formula is C17H22ClN3O4. The average molecular weight is 368 g/mol. The number of rotatable bonds is 4. The maximum absolute atomic E-state index is 11.9. The number of nitrogens with one attached hydrogen (secondary N) is 2. The number of nitrogens with two attached hydrogens (primary N) is 1. The number of amides is 3. The standard InChI is InChI=1S/C17H22ClN3O4/c1-10-4-2-3-5-14(10)20-17(24)21-15(22)9-25-16(23)12-7-6-11(18)8-13(12)19/h6-8,10,14H,2-5,9,19H2,1H3,(H2,20,21,22,24)/t10-,14-/m1/s1. The molecule has 0 unspecified atom stereocenters. The van der Waals surface area contributed by atoms with Gasteiger partial charge in [0.2, 0.25) is 0 Å². The van der Waals surface area contributed by atoms with Gasteiger partial charge in [0.1, 0.15) is 0 Å². The summed E-state index contributed by atoms with van der Waals surface area (Å²) in [4.78, 5) is 35.5. The Hall–Kier alpha value is -2.28. The lowest BCUT2D eigenvalue weighted by Gasteiger charge is -2.29. The first-order valence-electron chi connectivity index (χ1n) is 8.19. The van der Waals surface area contributed by atoms with E-state index in [1.807, 2.05) is 0 Å². The van der Waals surface area contributed by atoms with Crippen LogP contribution in [-0.4, -0.2) is 30.6 Å². The fourth-order valence-electron chi connectivity index (χ4n) is 2.83. The number of carbonyl (C=O) groups is 3. The van der Waals surface area contributed by atoms with Crippen molar-refractivity contribution in [3.8, 4) is 0 Å². The molecule has 1 aromatic rings. The Morgan fingerprint density at radius 2 is 2.00 bits per heavy atom. The molecule has 136 valence electrons. The summed E-state index contributed by atoms with van der Waals surface area (Å²) in [6, 6.07) is 3.79. The minimum atomic E-state index is -0.759. The van der Waals surface area contributed by atoms with Gasteiger partial charge in [-0.1, -0.05) is 31.4 Å². The van der Waals surface area contributed by atoms with Gasteiger partial charge in [-0.2, -0.15) is 0 Å². The molecule has 1 aromatic carbocycles. The number of ether oxygens (including phenoxy) is 1. The molecule has 1 fully saturated rings. The van der Waals surface area contributed by atoms with Crippen molar-refractivity contribution < 1.29 is 19.1 Å². The van der Waals surface area contributed by atoms with Gasteiger partial charge in [-0.25, -0.2) is 9.59 Å². The summed E-state index contributed by atoms with van der Waals surface area (Å²) < 4.78 is 4.87. The number of benzene rings is 1. The molecule has 8 heteroatoms. The van der Waals surface area contributed by atoms with Gasteiger partial charge >= 0.3 is 12.0 Å². The van der Waals surface area contributed by atoms with Crippen LogP contribution < -0.4 is 16.4 Å². The van der Waals surface area contributed by atoms with Crippen LogP contribution in [0.5, 0.6) is 0 Å². The normalized spacial score (nSPS) is 19.8.